The fraction of sp³-hybridized carbons (Fsp3) is 0.259. The highest BCUT2D eigenvalue weighted by Gasteiger charge is 2.23. The zero-order valence-corrected chi connectivity index (χ0v) is 19.7. The highest BCUT2D eigenvalue weighted by molar-refractivity contribution is 7.80. The molecule has 0 aliphatic carbocycles. The number of ether oxygens (including phenoxy) is 1. The molecule has 1 saturated heterocycles. The molecule has 4 rings (SSSR count). The van der Waals surface area contributed by atoms with Crippen LogP contribution in [-0.4, -0.2) is 42.7 Å². The number of nitrogens with two attached hydrogens (primary N) is 1. The van der Waals surface area contributed by atoms with E-state index in [4.69, 9.17) is 28.0 Å². The molecule has 0 radical (unpaired) electrons. The third-order valence-corrected chi connectivity index (χ3v) is 6.59. The molecular weight excluding hydrogens is 452 g/mol. The van der Waals surface area contributed by atoms with Gasteiger partial charge in [0.1, 0.15) is 22.7 Å². The van der Waals surface area contributed by atoms with Gasteiger partial charge in [0, 0.05) is 37.4 Å². The Morgan fingerprint density at radius 3 is 2.53 bits per heavy atom. The van der Waals surface area contributed by atoms with E-state index in [-0.39, 0.29) is 17.4 Å². The van der Waals surface area contributed by atoms with Crippen LogP contribution in [0.25, 0.3) is 22.3 Å². The molecule has 1 heterocycles. The van der Waals surface area contributed by atoms with Crippen LogP contribution < -0.4 is 5.73 Å². The largest absolute Gasteiger partial charge is 0.384 e. The third-order valence-electron chi connectivity index (χ3n) is 6.10. The highest BCUT2D eigenvalue weighted by atomic mass is 32.1. The van der Waals surface area contributed by atoms with Gasteiger partial charge in [-0.15, -0.1) is 0 Å². The van der Waals surface area contributed by atoms with Crippen molar-refractivity contribution in [2.75, 3.05) is 26.8 Å². The monoisotopic (exact) mass is 477 g/mol. The minimum Gasteiger partial charge on any atom is -0.384 e. The Balaban J connectivity index is 1.81. The Labute approximate surface area is 203 Å². The maximum Gasteiger partial charge on any atom is 0.141 e. The number of hydrogen-bond donors (Lipinski definition) is 1. The summed E-state index contributed by atoms with van der Waals surface area (Å²) in [5.74, 6) is -0.996. The summed E-state index contributed by atoms with van der Waals surface area (Å²) < 4.78 is 34.8. The zero-order valence-electron chi connectivity index (χ0n) is 18.9. The lowest BCUT2D eigenvalue weighted by Gasteiger charge is -2.21. The maximum atomic E-state index is 15.2. The van der Waals surface area contributed by atoms with Gasteiger partial charge in [-0.25, -0.2) is 8.78 Å². The van der Waals surface area contributed by atoms with E-state index in [9.17, 15) is 4.39 Å². The predicted octanol–water partition coefficient (Wildman–Crippen LogP) is 5.07. The summed E-state index contributed by atoms with van der Waals surface area (Å²) in [7, 11) is 1.61. The molecule has 1 fully saturated rings. The van der Waals surface area contributed by atoms with E-state index in [0.717, 1.165) is 24.1 Å². The fourth-order valence-corrected chi connectivity index (χ4v) is 4.52. The van der Waals surface area contributed by atoms with Crippen LogP contribution >= 0.6 is 12.2 Å². The summed E-state index contributed by atoms with van der Waals surface area (Å²) in [4.78, 5) is 2.72. The minimum atomic E-state index is -0.625. The molecule has 3 aromatic carbocycles. The standard InChI is InChI=1S/C27H25F2N3OS/c1-33-11-9-17-2-6-23(26(29)12-17)22-7-5-19(27(34)32-10-8-21(31)16-32)13-24(22)18-3-4-20(15-30)25(28)14-18/h2-7,12-14,21H,8-11,16,31H2,1H3/t21-/m0/s1. The SMILES string of the molecule is COCCc1ccc(-c2ccc(C(=S)N3CC[C@H](N)C3)cc2-c2ccc(C#N)c(F)c2)c(F)c1. The van der Waals surface area contributed by atoms with E-state index in [0.29, 0.717) is 46.8 Å². The average Bonchev–Trinajstić information content (AvgIpc) is 3.28. The van der Waals surface area contributed by atoms with Gasteiger partial charge in [0.05, 0.1) is 12.2 Å². The van der Waals surface area contributed by atoms with Crippen LogP contribution in [0.1, 0.15) is 23.1 Å². The average molecular weight is 478 g/mol. The molecular formula is C27H25F2N3OS. The van der Waals surface area contributed by atoms with Crippen LogP contribution in [0.15, 0.2) is 54.6 Å². The quantitative estimate of drug-likeness (QED) is 0.503. The summed E-state index contributed by atoms with van der Waals surface area (Å²) in [6.07, 6.45) is 1.47. The van der Waals surface area contributed by atoms with Crippen molar-refractivity contribution in [3.63, 3.8) is 0 Å². The first-order chi connectivity index (χ1) is 16.4. The lowest BCUT2D eigenvalue weighted by molar-refractivity contribution is 0.202. The molecule has 1 aliphatic rings. The van der Waals surface area contributed by atoms with E-state index in [1.54, 1.807) is 19.2 Å². The molecule has 7 heteroatoms. The summed E-state index contributed by atoms with van der Waals surface area (Å²) >= 11 is 5.72. The Bertz CT molecular complexity index is 1270. The van der Waals surface area contributed by atoms with Gasteiger partial charge in [-0.3, -0.25) is 0 Å². The molecule has 0 bridgehead atoms. The van der Waals surface area contributed by atoms with Crippen LogP contribution in [0.4, 0.5) is 8.78 Å². The molecule has 0 spiro atoms. The van der Waals surface area contributed by atoms with Crippen molar-refractivity contribution >= 4 is 17.2 Å². The van der Waals surface area contributed by atoms with Crippen molar-refractivity contribution in [3.05, 3.63) is 82.9 Å². The van der Waals surface area contributed by atoms with E-state index in [1.165, 1.54) is 18.2 Å². The van der Waals surface area contributed by atoms with Gasteiger partial charge in [-0.05, 0) is 59.4 Å². The normalized spacial score (nSPS) is 15.4. The number of halogens is 2. The molecule has 0 aromatic heterocycles. The van der Waals surface area contributed by atoms with E-state index in [1.807, 2.05) is 30.3 Å². The summed E-state index contributed by atoms with van der Waals surface area (Å²) in [5.41, 5.74) is 9.81. The van der Waals surface area contributed by atoms with Crippen LogP contribution in [0, 0.1) is 23.0 Å². The number of thiocarbonyl (C=S) groups is 1. The first-order valence-electron chi connectivity index (χ1n) is 11.1. The minimum absolute atomic E-state index is 0.0447. The van der Waals surface area contributed by atoms with Crippen LogP contribution in [-0.2, 0) is 11.2 Å². The highest BCUT2D eigenvalue weighted by Crippen LogP contribution is 2.36. The molecule has 1 aliphatic heterocycles. The van der Waals surface area contributed by atoms with Gasteiger partial charge < -0.3 is 15.4 Å². The molecule has 174 valence electrons. The van der Waals surface area contributed by atoms with Gasteiger partial charge in [-0.1, -0.05) is 42.5 Å². The van der Waals surface area contributed by atoms with Crippen molar-refractivity contribution in [1.82, 2.24) is 4.90 Å². The summed E-state index contributed by atoms with van der Waals surface area (Å²) in [5, 5.41) is 9.11. The molecule has 2 N–H and O–H groups in total. The Hall–Kier alpha value is -3.18. The van der Waals surface area contributed by atoms with Crippen LogP contribution in [0.5, 0.6) is 0 Å². The topological polar surface area (TPSA) is 62.3 Å². The van der Waals surface area contributed by atoms with E-state index < -0.39 is 5.82 Å². The van der Waals surface area contributed by atoms with Gasteiger partial charge in [0.25, 0.3) is 0 Å². The lowest BCUT2D eigenvalue weighted by atomic mass is 9.91. The number of nitriles is 1. The third kappa shape index (κ3) is 5.00. The second-order valence-corrected chi connectivity index (χ2v) is 8.81. The van der Waals surface area contributed by atoms with Gasteiger partial charge in [0.15, 0.2) is 0 Å². The van der Waals surface area contributed by atoms with Crippen LogP contribution in [0.3, 0.4) is 0 Å². The number of hydrogen-bond acceptors (Lipinski definition) is 4. The van der Waals surface area contributed by atoms with Gasteiger partial charge >= 0.3 is 0 Å². The van der Waals surface area contributed by atoms with Crippen LogP contribution in [0.2, 0.25) is 0 Å². The fourth-order valence-electron chi connectivity index (χ4n) is 4.23. The zero-order chi connectivity index (χ0) is 24.2. The number of likely N-dealkylation sites (tertiary alicyclic amines) is 1. The van der Waals surface area contributed by atoms with Gasteiger partial charge in [-0.2, -0.15) is 5.26 Å². The molecule has 0 unspecified atom stereocenters. The van der Waals surface area contributed by atoms with Crippen molar-refractivity contribution in [3.8, 4) is 28.3 Å². The summed E-state index contributed by atoms with van der Waals surface area (Å²) in [6.45, 7) is 1.96. The van der Waals surface area contributed by atoms with Crippen molar-refractivity contribution < 1.29 is 13.5 Å². The first kappa shape index (κ1) is 24.0. The Kier molecular flexibility index (Phi) is 7.32. The van der Waals surface area contributed by atoms with E-state index in [2.05, 4.69) is 4.90 Å². The molecule has 3 aromatic rings. The second kappa shape index (κ2) is 10.4. The second-order valence-electron chi connectivity index (χ2n) is 8.42. The number of methoxy groups -OCH3 is 1. The van der Waals surface area contributed by atoms with Gasteiger partial charge in [0.2, 0.25) is 0 Å². The predicted molar refractivity (Wildman–Crippen MR) is 133 cm³/mol. The molecule has 4 nitrogen and oxygen atoms in total. The first-order valence-corrected chi connectivity index (χ1v) is 11.5. The van der Waals surface area contributed by atoms with Crippen molar-refractivity contribution in [1.29, 1.82) is 5.26 Å². The Morgan fingerprint density at radius 1 is 1.09 bits per heavy atom. The molecule has 34 heavy (non-hydrogen) atoms. The maximum absolute atomic E-state index is 15.2. The van der Waals surface area contributed by atoms with Crippen molar-refractivity contribution in [2.45, 2.75) is 18.9 Å². The number of rotatable bonds is 6. The molecule has 0 amide bonds. The summed E-state index contributed by atoms with van der Waals surface area (Å²) in [6, 6.07) is 17.0. The lowest BCUT2D eigenvalue weighted by Crippen LogP contribution is -2.31. The Morgan fingerprint density at radius 2 is 1.88 bits per heavy atom. The number of benzene rings is 3. The molecule has 1 atom stereocenters. The van der Waals surface area contributed by atoms with E-state index >= 15 is 4.39 Å². The van der Waals surface area contributed by atoms with Crippen molar-refractivity contribution in [2.24, 2.45) is 5.73 Å². The molecule has 0 saturated carbocycles. The smallest absolute Gasteiger partial charge is 0.141 e. The number of nitrogens with zero attached hydrogens (tertiary/aromatic N) is 2.